The van der Waals surface area contributed by atoms with Crippen molar-refractivity contribution in [3.05, 3.63) is 18.0 Å². The summed E-state index contributed by atoms with van der Waals surface area (Å²) in [5.74, 6) is -0.788. The van der Waals surface area contributed by atoms with Crippen LogP contribution in [0.4, 0.5) is 13.2 Å². The Morgan fingerprint density at radius 2 is 2.05 bits per heavy atom. The lowest BCUT2D eigenvalue weighted by molar-refractivity contribution is -0.138. The van der Waals surface area contributed by atoms with Crippen LogP contribution in [-0.2, 0) is 16.6 Å². The Kier molecular flexibility index (Phi) is 5.05. The number of alkyl halides is 3. The molecule has 1 rings (SSSR count). The number of aryl methyl sites for hydroxylation is 1. The first kappa shape index (κ1) is 17.5. The van der Waals surface area contributed by atoms with Crippen molar-refractivity contribution in [3.63, 3.8) is 0 Å². The number of amides is 1. The van der Waals surface area contributed by atoms with Crippen molar-refractivity contribution in [1.82, 2.24) is 9.88 Å². The molecule has 0 aliphatic rings. The maximum absolute atomic E-state index is 12.2. The molecule has 6 nitrogen and oxygen atoms in total. The Bertz CT molecular complexity index is 622. The third kappa shape index (κ3) is 5.05. The predicted octanol–water partition coefficient (Wildman–Crippen LogP) is 1.23. The van der Waals surface area contributed by atoms with Gasteiger partial charge in [-0.15, -0.1) is 0 Å². The van der Waals surface area contributed by atoms with Gasteiger partial charge in [-0.2, -0.15) is 13.2 Å². The molecule has 1 atom stereocenters. The molecule has 1 amide bonds. The maximum atomic E-state index is 12.2. The van der Waals surface area contributed by atoms with E-state index < -0.39 is 34.6 Å². The molecular weight excluding hydrogens is 311 g/mol. The van der Waals surface area contributed by atoms with Crippen molar-refractivity contribution in [2.75, 3.05) is 0 Å². The molecule has 0 bridgehead atoms. The SMILES string of the molecule is CCn1cc(S(N)(=O)=O)cc1C(=O)NC(C)CC(F)(F)F. The molecule has 0 aliphatic heterocycles. The van der Waals surface area contributed by atoms with E-state index in [0.29, 0.717) is 0 Å². The number of hydrogen-bond donors (Lipinski definition) is 2. The first-order valence-corrected chi connectivity index (χ1v) is 7.59. The fraction of sp³-hybridized carbons (Fsp3) is 0.545. The van der Waals surface area contributed by atoms with E-state index in [2.05, 4.69) is 5.32 Å². The van der Waals surface area contributed by atoms with E-state index in [1.165, 1.54) is 17.7 Å². The molecule has 0 aliphatic carbocycles. The Hall–Kier alpha value is -1.55. The molecule has 0 aromatic carbocycles. The first-order chi connectivity index (χ1) is 9.44. The maximum Gasteiger partial charge on any atom is 0.391 e. The lowest BCUT2D eigenvalue weighted by atomic mass is 10.2. The van der Waals surface area contributed by atoms with Crippen LogP contribution in [0.5, 0.6) is 0 Å². The van der Waals surface area contributed by atoms with Crippen LogP contribution in [0.25, 0.3) is 0 Å². The van der Waals surface area contributed by atoms with Gasteiger partial charge in [0.25, 0.3) is 5.91 Å². The number of nitrogens with two attached hydrogens (primary N) is 1. The lowest BCUT2D eigenvalue weighted by Gasteiger charge is -2.16. The van der Waals surface area contributed by atoms with E-state index in [-0.39, 0.29) is 17.1 Å². The van der Waals surface area contributed by atoms with Crippen LogP contribution < -0.4 is 10.5 Å². The van der Waals surface area contributed by atoms with Crippen molar-refractivity contribution in [3.8, 4) is 0 Å². The van der Waals surface area contributed by atoms with E-state index in [1.54, 1.807) is 6.92 Å². The topological polar surface area (TPSA) is 94.2 Å². The number of nitrogens with one attached hydrogen (secondary N) is 1. The Balaban J connectivity index is 2.95. The number of halogens is 3. The third-order valence-corrected chi connectivity index (χ3v) is 3.57. The zero-order valence-electron chi connectivity index (χ0n) is 11.4. The number of primary sulfonamides is 1. The van der Waals surface area contributed by atoms with Gasteiger partial charge < -0.3 is 9.88 Å². The normalized spacial score (nSPS) is 14.0. The predicted molar refractivity (Wildman–Crippen MR) is 69.1 cm³/mol. The van der Waals surface area contributed by atoms with Crippen LogP contribution in [0.2, 0.25) is 0 Å². The van der Waals surface area contributed by atoms with Gasteiger partial charge in [0, 0.05) is 18.8 Å². The van der Waals surface area contributed by atoms with Gasteiger partial charge >= 0.3 is 6.18 Å². The van der Waals surface area contributed by atoms with E-state index in [0.717, 1.165) is 6.07 Å². The summed E-state index contributed by atoms with van der Waals surface area (Å²) in [5.41, 5.74) is -0.0597. The van der Waals surface area contributed by atoms with Crippen LogP contribution in [0.1, 0.15) is 30.8 Å². The minimum Gasteiger partial charge on any atom is -0.348 e. The van der Waals surface area contributed by atoms with Crippen molar-refractivity contribution >= 4 is 15.9 Å². The summed E-state index contributed by atoms with van der Waals surface area (Å²) in [7, 11) is -3.99. The largest absolute Gasteiger partial charge is 0.391 e. The zero-order valence-corrected chi connectivity index (χ0v) is 12.3. The molecule has 0 fully saturated rings. The van der Waals surface area contributed by atoms with Gasteiger partial charge in [0.15, 0.2) is 0 Å². The highest BCUT2D eigenvalue weighted by atomic mass is 32.2. The minimum absolute atomic E-state index is 0.0597. The summed E-state index contributed by atoms with van der Waals surface area (Å²) < 4.78 is 60.4. The lowest BCUT2D eigenvalue weighted by Crippen LogP contribution is -2.36. The molecule has 0 saturated carbocycles. The Morgan fingerprint density at radius 3 is 2.48 bits per heavy atom. The molecule has 1 unspecified atom stereocenters. The summed E-state index contributed by atoms with van der Waals surface area (Å²) in [6.45, 7) is 3.14. The molecule has 3 N–H and O–H groups in total. The average Bonchev–Trinajstić information content (AvgIpc) is 2.69. The summed E-state index contributed by atoms with van der Waals surface area (Å²) in [6.07, 6.45) is -4.41. The summed E-state index contributed by atoms with van der Waals surface area (Å²) in [6, 6.07) is -0.0929. The van der Waals surface area contributed by atoms with E-state index >= 15 is 0 Å². The summed E-state index contributed by atoms with van der Waals surface area (Å²) in [4.78, 5) is 11.7. The van der Waals surface area contributed by atoms with Crippen molar-refractivity contribution < 1.29 is 26.4 Å². The zero-order chi connectivity index (χ0) is 16.4. The monoisotopic (exact) mass is 327 g/mol. The molecular formula is C11H16F3N3O3S. The van der Waals surface area contributed by atoms with Crippen LogP contribution in [0, 0.1) is 0 Å². The van der Waals surface area contributed by atoms with Crippen LogP contribution in [-0.4, -0.2) is 31.1 Å². The molecule has 0 saturated heterocycles. The van der Waals surface area contributed by atoms with E-state index in [9.17, 15) is 26.4 Å². The van der Waals surface area contributed by atoms with Crippen LogP contribution in [0.15, 0.2) is 17.2 Å². The smallest absolute Gasteiger partial charge is 0.348 e. The molecule has 120 valence electrons. The van der Waals surface area contributed by atoms with Gasteiger partial charge in [-0.3, -0.25) is 4.79 Å². The highest BCUT2D eigenvalue weighted by Gasteiger charge is 2.31. The second-order valence-electron chi connectivity index (χ2n) is 4.59. The first-order valence-electron chi connectivity index (χ1n) is 6.04. The summed E-state index contributed by atoms with van der Waals surface area (Å²) >= 11 is 0. The second-order valence-corrected chi connectivity index (χ2v) is 6.15. The minimum atomic E-state index is -4.40. The molecule has 0 radical (unpaired) electrons. The molecule has 1 aromatic rings. The number of hydrogen-bond acceptors (Lipinski definition) is 3. The fourth-order valence-electron chi connectivity index (χ4n) is 1.79. The quantitative estimate of drug-likeness (QED) is 0.851. The molecule has 1 aromatic heterocycles. The Labute approximate surface area is 120 Å². The summed E-state index contributed by atoms with van der Waals surface area (Å²) in [5, 5.41) is 7.13. The average molecular weight is 327 g/mol. The molecule has 21 heavy (non-hydrogen) atoms. The number of aromatic nitrogens is 1. The van der Waals surface area contributed by atoms with Gasteiger partial charge in [-0.05, 0) is 19.9 Å². The number of carbonyl (C=O) groups excluding carboxylic acids is 1. The second kappa shape index (κ2) is 6.06. The fourth-order valence-corrected chi connectivity index (χ4v) is 2.34. The molecule has 10 heteroatoms. The van der Waals surface area contributed by atoms with Crippen molar-refractivity contribution in [2.45, 2.75) is 43.9 Å². The van der Waals surface area contributed by atoms with Crippen LogP contribution in [0.3, 0.4) is 0 Å². The third-order valence-electron chi connectivity index (χ3n) is 2.69. The number of carbonyl (C=O) groups is 1. The van der Waals surface area contributed by atoms with E-state index in [4.69, 9.17) is 5.14 Å². The van der Waals surface area contributed by atoms with Gasteiger partial charge in [-0.1, -0.05) is 0 Å². The highest BCUT2D eigenvalue weighted by molar-refractivity contribution is 7.89. The van der Waals surface area contributed by atoms with E-state index in [1.807, 2.05) is 0 Å². The van der Waals surface area contributed by atoms with Gasteiger partial charge in [0.1, 0.15) is 10.6 Å². The van der Waals surface area contributed by atoms with Crippen molar-refractivity contribution in [1.29, 1.82) is 0 Å². The van der Waals surface area contributed by atoms with Crippen LogP contribution >= 0.6 is 0 Å². The highest BCUT2D eigenvalue weighted by Crippen LogP contribution is 2.21. The van der Waals surface area contributed by atoms with Gasteiger partial charge in [0.05, 0.1) is 6.42 Å². The van der Waals surface area contributed by atoms with Gasteiger partial charge in [0.2, 0.25) is 10.0 Å². The molecule has 1 heterocycles. The number of sulfonamides is 1. The van der Waals surface area contributed by atoms with Crippen molar-refractivity contribution in [2.24, 2.45) is 5.14 Å². The van der Waals surface area contributed by atoms with Gasteiger partial charge in [-0.25, -0.2) is 13.6 Å². The standard InChI is InChI=1S/C11H16F3N3O3S/c1-3-17-6-8(21(15,19)20)4-9(17)10(18)16-7(2)5-11(12,13)14/h4,6-7H,3,5H2,1-2H3,(H,16,18)(H2,15,19,20). The Morgan fingerprint density at radius 1 is 1.48 bits per heavy atom. The number of nitrogens with zero attached hydrogens (tertiary/aromatic N) is 1. The molecule has 0 spiro atoms. The number of rotatable bonds is 5.